The van der Waals surface area contributed by atoms with Crippen molar-refractivity contribution in [3.05, 3.63) is 0 Å². The fraction of sp³-hybridized carbons (Fsp3) is 0.952. The lowest BCUT2D eigenvalue weighted by molar-refractivity contribution is -0.161. The lowest BCUT2D eigenvalue weighted by Gasteiger charge is -2.21. The summed E-state index contributed by atoms with van der Waals surface area (Å²) in [6, 6.07) is 0. The monoisotopic (exact) mass is 1490 g/mol. The molecule has 0 aromatic heterocycles. The van der Waals surface area contributed by atoms with Crippen LogP contribution in [0.3, 0.4) is 0 Å². The molecule has 3 N–H and O–H groups in total. The molecule has 0 bridgehead atoms. The van der Waals surface area contributed by atoms with Crippen molar-refractivity contribution in [1.29, 1.82) is 0 Å². The van der Waals surface area contributed by atoms with Gasteiger partial charge in [-0.3, -0.25) is 37.3 Å². The molecule has 0 spiro atoms. The van der Waals surface area contributed by atoms with Crippen LogP contribution in [0.2, 0.25) is 0 Å². The van der Waals surface area contributed by atoms with E-state index in [-0.39, 0.29) is 25.7 Å². The van der Waals surface area contributed by atoms with Crippen LogP contribution in [0.4, 0.5) is 0 Å². The first kappa shape index (κ1) is 100. The van der Waals surface area contributed by atoms with Gasteiger partial charge in [0, 0.05) is 25.7 Å². The average Bonchev–Trinajstić information content (AvgIpc) is 0.912. The summed E-state index contributed by atoms with van der Waals surface area (Å²) in [6.07, 6.45) is 65.2. The van der Waals surface area contributed by atoms with Gasteiger partial charge in [-0.05, 0) is 37.5 Å². The van der Waals surface area contributed by atoms with E-state index in [1.54, 1.807) is 0 Å². The maximum absolute atomic E-state index is 13.1. The van der Waals surface area contributed by atoms with Gasteiger partial charge in [0.05, 0.1) is 26.4 Å². The minimum absolute atomic E-state index is 0.106. The van der Waals surface area contributed by atoms with E-state index in [0.29, 0.717) is 25.7 Å². The summed E-state index contributed by atoms with van der Waals surface area (Å²) in [6.45, 7) is 9.69. The van der Waals surface area contributed by atoms with E-state index in [9.17, 15) is 43.2 Å². The average molecular weight is 1490 g/mol. The van der Waals surface area contributed by atoms with Crippen molar-refractivity contribution in [2.75, 3.05) is 39.6 Å². The lowest BCUT2D eigenvalue weighted by Crippen LogP contribution is -2.30. The quantitative estimate of drug-likeness (QED) is 0.0222. The minimum atomic E-state index is -4.96. The number of carbonyl (C=O) groups excluding carboxylic acids is 4. The predicted molar refractivity (Wildman–Crippen MR) is 418 cm³/mol. The predicted octanol–water partition coefficient (Wildman–Crippen LogP) is 25.1. The van der Waals surface area contributed by atoms with Gasteiger partial charge in [0.1, 0.15) is 19.3 Å². The molecule has 0 aromatic carbocycles. The number of hydrogen-bond donors (Lipinski definition) is 3. The number of ether oxygens (including phenoxy) is 4. The first-order valence-corrected chi connectivity index (χ1v) is 46.1. The molecule has 7 atom stereocenters. The standard InChI is InChI=1S/C83H162O17P2/c1-7-11-13-15-17-19-21-22-23-24-25-26-27-28-29-34-38-42-49-55-61-67-82(87)99-78(71-94-81(86)66-60-54-48-41-37-33-31-30-32-36-39-45-51-57-63-75(5)9-3)73-97-101(89,90)95-69-77(84)70-96-102(91,92)98-74-79(72-93-80(85)65-59-53-47-40-35-20-18-16-14-12-8-2)100-83(88)68-62-56-50-44-43-46-52-58-64-76(6)10-4/h75-79,84H,7-74H2,1-6H3,(H,89,90)(H,91,92)/t75?,76?,77-,78-,79-/m1/s1. The Balaban J connectivity index is 5.23. The highest BCUT2D eigenvalue weighted by molar-refractivity contribution is 7.47. The summed E-state index contributed by atoms with van der Waals surface area (Å²) in [5.41, 5.74) is 0. The van der Waals surface area contributed by atoms with Crippen molar-refractivity contribution in [2.24, 2.45) is 11.8 Å². The number of esters is 4. The molecule has 102 heavy (non-hydrogen) atoms. The molecule has 0 heterocycles. The van der Waals surface area contributed by atoms with Crippen molar-refractivity contribution in [1.82, 2.24) is 0 Å². The number of carbonyl (C=O) groups is 4. The third kappa shape index (κ3) is 73.6. The molecule has 0 fully saturated rings. The van der Waals surface area contributed by atoms with Gasteiger partial charge >= 0.3 is 39.5 Å². The largest absolute Gasteiger partial charge is 0.472 e. The lowest BCUT2D eigenvalue weighted by atomic mass is 9.99. The summed E-state index contributed by atoms with van der Waals surface area (Å²) in [4.78, 5) is 73.1. The number of rotatable bonds is 82. The molecule has 4 unspecified atom stereocenters. The number of aliphatic hydroxyl groups excluding tert-OH is 1. The second-order valence-corrected chi connectivity index (χ2v) is 33.3. The highest BCUT2D eigenvalue weighted by atomic mass is 31.2. The van der Waals surface area contributed by atoms with Gasteiger partial charge in [-0.1, -0.05) is 388 Å². The van der Waals surface area contributed by atoms with Crippen LogP contribution in [-0.2, 0) is 65.4 Å². The Kier molecular flexibility index (Phi) is 73.1. The molecule has 0 aliphatic rings. The smallest absolute Gasteiger partial charge is 0.462 e. The van der Waals surface area contributed by atoms with Gasteiger partial charge in [-0.2, -0.15) is 0 Å². The summed E-state index contributed by atoms with van der Waals surface area (Å²) < 4.78 is 68.8. The van der Waals surface area contributed by atoms with Crippen molar-refractivity contribution >= 4 is 39.5 Å². The number of hydrogen-bond acceptors (Lipinski definition) is 15. The van der Waals surface area contributed by atoms with E-state index < -0.39 is 97.5 Å². The molecule has 606 valence electrons. The normalized spacial score (nSPS) is 14.4. The van der Waals surface area contributed by atoms with E-state index in [1.807, 2.05) is 0 Å². The summed E-state index contributed by atoms with van der Waals surface area (Å²) in [5, 5.41) is 10.7. The van der Waals surface area contributed by atoms with Crippen molar-refractivity contribution in [2.45, 2.75) is 458 Å². The fourth-order valence-electron chi connectivity index (χ4n) is 12.8. The van der Waals surface area contributed by atoms with Crippen LogP contribution >= 0.6 is 15.6 Å². The molecule has 0 aliphatic carbocycles. The van der Waals surface area contributed by atoms with Crippen molar-refractivity contribution < 1.29 is 80.2 Å². The van der Waals surface area contributed by atoms with Crippen molar-refractivity contribution in [3.63, 3.8) is 0 Å². The van der Waals surface area contributed by atoms with E-state index >= 15 is 0 Å². The van der Waals surface area contributed by atoms with Crippen molar-refractivity contribution in [3.8, 4) is 0 Å². The summed E-state index contributed by atoms with van der Waals surface area (Å²) in [5.74, 6) is -0.488. The molecule has 0 amide bonds. The molecular weight excluding hydrogens is 1330 g/mol. The summed E-state index contributed by atoms with van der Waals surface area (Å²) >= 11 is 0. The Morgan fingerprint density at radius 3 is 0.696 bits per heavy atom. The van der Waals surface area contributed by atoms with Crippen LogP contribution in [0.5, 0.6) is 0 Å². The number of phosphoric acid groups is 2. The molecular formula is C83H162O17P2. The SMILES string of the molecule is CCCCCCCCCCCCCCCCCCCCCCCC(=O)O[C@H](COC(=O)CCCCCCCCCCCCCCCCC(C)CC)COP(=O)(O)OC[C@@H](O)COP(=O)(O)OC[C@@H](COC(=O)CCCCCCCCCCCCC)OC(=O)CCCCCCCCCCC(C)CC. The molecule has 0 aromatic rings. The number of phosphoric ester groups is 2. The zero-order valence-corrected chi connectivity index (χ0v) is 68.7. The number of aliphatic hydroxyl groups is 1. The molecule has 0 radical (unpaired) electrons. The molecule has 17 nitrogen and oxygen atoms in total. The van der Waals surface area contributed by atoms with E-state index in [4.69, 9.17) is 37.0 Å². The fourth-order valence-corrected chi connectivity index (χ4v) is 14.4. The zero-order valence-electron chi connectivity index (χ0n) is 66.9. The third-order valence-corrected chi connectivity index (χ3v) is 22.1. The second kappa shape index (κ2) is 74.5. The van der Waals surface area contributed by atoms with Gasteiger partial charge < -0.3 is 33.8 Å². The Morgan fingerprint density at radius 2 is 0.471 bits per heavy atom. The molecule has 0 rings (SSSR count). The van der Waals surface area contributed by atoms with Gasteiger partial charge in [0.15, 0.2) is 12.2 Å². The Bertz CT molecular complexity index is 1960. The third-order valence-electron chi connectivity index (χ3n) is 20.2. The van der Waals surface area contributed by atoms with E-state index in [2.05, 4.69) is 41.5 Å². The van der Waals surface area contributed by atoms with E-state index in [0.717, 1.165) is 102 Å². The van der Waals surface area contributed by atoms with Crippen LogP contribution in [0.1, 0.15) is 440 Å². The Labute approximate surface area is 626 Å². The molecule has 0 saturated heterocycles. The van der Waals surface area contributed by atoms with Crippen LogP contribution in [0.25, 0.3) is 0 Å². The van der Waals surface area contributed by atoms with Crippen LogP contribution in [0, 0.1) is 11.8 Å². The highest BCUT2D eigenvalue weighted by Crippen LogP contribution is 2.45. The van der Waals surface area contributed by atoms with Crippen LogP contribution in [0.15, 0.2) is 0 Å². The molecule has 0 aliphatic heterocycles. The maximum Gasteiger partial charge on any atom is 0.472 e. The van der Waals surface area contributed by atoms with Gasteiger partial charge in [0.25, 0.3) is 0 Å². The molecule has 19 heteroatoms. The van der Waals surface area contributed by atoms with E-state index in [1.165, 1.54) is 257 Å². The van der Waals surface area contributed by atoms with Crippen LogP contribution in [-0.4, -0.2) is 96.7 Å². The number of unbranched alkanes of at least 4 members (excludes halogenated alkanes) is 50. The van der Waals surface area contributed by atoms with Gasteiger partial charge in [-0.15, -0.1) is 0 Å². The first-order chi connectivity index (χ1) is 49.4. The maximum atomic E-state index is 13.1. The Hall–Kier alpha value is -1.94. The van der Waals surface area contributed by atoms with Gasteiger partial charge in [-0.25, -0.2) is 9.13 Å². The zero-order chi connectivity index (χ0) is 74.9. The minimum Gasteiger partial charge on any atom is -0.462 e. The topological polar surface area (TPSA) is 237 Å². The highest BCUT2D eigenvalue weighted by Gasteiger charge is 2.30. The van der Waals surface area contributed by atoms with Gasteiger partial charge in [0.2, 0.25) is 0 Å². The van der Waals surface area contributed by atoms with Crippen LogP contribution < -0.4 is 0 Å². The summed E-state index contributed by atoms with van der Waals surface area (Å²) in [7, 11) is -9.92. The first-order valence-electron chi connectivity index (χ1n) is 43.1. The molecule has 0 saturated carbocycles. The Morgan fingerprint density at radius 1 is 0.275 bits per heavy atom. The second-order valence-electron chi connectivity index (χ2n) is 30.4.